The maximum atomic E-state index is 11.9. The number of halogens is 1. The fourth-order valence-corrected chi connectivity index (χ4v) is 3.10. The van der Waals surface area contributed by atoms with Gasteiger partial charge in [0.25, 0.3) is 0 Å². The van der Waals surface area contributed by atoms with E-state index in [0.717, 1.165) is 21.5 Å². The minimum atomic E-state index is -0.0203. The number of benzene rings is 2. The molecule has 0 spiro atoms. The molecule has 0 heterocycles. The Bertz CT molecular complexity index is 680. The van der Waals surface area contributed by atoms with Crippen LogP contribution in [0.25, 0.3) is 0 Å². The summed E-state index contributed by atoms with van der Waals surface area (Å²) in [5.41, 5.74) is 2.90. The number of carbonyl (C=O) groups excluding carboxylic acids is 1. The van der Waals surface area contributed by atoms with Crippen molar-refractivity contribution in [2.24, 2.45) is 0 Å². The molecule has 0 saturated heterocycles. The van der Waals surface area contributed by atoms with Crippen molar-refractivity contribution in [2.75, 3.05) is 11.1 Å². The number of hydrogen-bond acceptors (Lipinski definition) is 3. The van der Waals surface area contributed by atoms with E-state index in [4.69, 9.17) is 5.26 Å². The Kier molecular flexibility index (Phi) is 6.50. The molecule has 0 unspecified atom stereocenters. The van der Waals surface area contributed by atoms with Crippen molar-refractivity contribution in [3.63, 3.8) is 0 Å². The molecule has 0 aliphatic rings. The molecule has 0 atom stereocenters. The van der Waals surface area contributed by atoms with Crippen LogP contribution in [0.4, 0.5) is 5.69 Å². The molecule has 5 heteroatoms. The zero-order valence-corrected chi connectivity index (χ0v) is 14.3. The van der Waals surface area contributed by atoms with Crippen LogP contribution in [0.5, 0.6) is 0 Å². The van der Waals surface area contributed by atoms with E-state index in [1.807, 2.05) is 42.5 Å². The van der Waals surface area contributed by atoms with Crippen LogP contribution in [0.1, 0.15) is 11.1 Å². The number of amides is 1. The highest BCUT2D eigenvalue weighted by atomic mass is 79.9. The molecule has 2 rings (SSSR count). The maximum absolute atomic E-state index is 11.9. The number of thioether (sulfide) groups is 1. The Labute approximate surface area is 142 Å². The molecule has 0 aliphatic carbocycles. The van der Waals surface area contributed by atoms with Gasteiger partial charge in [-0.1, -0.05) is 40.2 Å². The number of nitrogens with one attached hydrogen (secondary N) is 1. The first-order chi connectivity index (χ1) is 10.7. The molecule has 1 amide bonds. The van der Waals surface area contributed by atoms with Crippen LogP contribution in [-0.4, -0.2) is 11.7 Å². The first-order valence-corrected chi connectivity index (χ1v) is 8.70. The molecule has 0 aliphatic heterocycles. The van der Waals surface area contributed by atoms with Crippen molar-refractivity contribution in [3.05, 3.63) is 64.1 Å². The zero-order valence-electron chi connectivity index (χ0n) is 11.9. The van der Waals surface area contributed by atoms with E-state index < -0.39 is 0 Å². The lowest BCUT2D eigenvalue weighted by molar-refractivity contribution is -0.113. The lowest BCUT2D eigenvalue weighted by atomic mass is 10.1. The van der Waals surface area contributed by atoms with Gasteiger partial charge in [0.15, 0.2) is 0 Å². The van der Waals surface area contributed by atoms with Gasteiger partial charge in [0.05, 0.1) is 18.2 Å². The van der Waals surface area contributed by atoms with Crippen molar-refractivity contribution in [1.29, 1.82) is 5.26 Å². The Morgan fingerprint density at radius 3 is 2.64 bits per heavy atom. The topological polar surface area (TPSA) is 52.9 Å². The largest absolute Gasteiger partial charge is 0.325 e. The van der Waals surface area contributed by atoms with Crippen LogP contribution in [0.2, 0.25) is 0 Å². The van der Waals surface area contributed by atoms with Gasteiger partial charge in [-0.15, -0.1) is 11.8 Å². The van der Waals surface area contributed by atoms with Gasteiger partial charge in [-0.3, -0.25) is 4.79 Å². The predicted octanol–water partition coefficient (Wildman–Crippen LogP) is 4.39. The highest BCUT2D eigenvalue weighted by molar-refractivity contribution is 9.10. The molecule has 3 nitrogen and oxygen atoms in total. The number of carbonyl (C=O) groups is 1. The highest BCUT2D eigenvalue weighted by Gasteiger charge is 2.03. The van der Waals surface area contributed by atoms with Gasteiger partial charge in [-0.25, -0.2) is 0 Å². The van der Waals surface area contributed by atoms with Crippen LogP contribution in [0.15, 0.2) is 53.0 Å². The monoisotopic (exact) mass is 374 g/mol. The average Bonchev–Trinajstić information content (AvgIpc) is 2.50. The number of rotatable bonds is 6. The van der Waals surface area contributed by atoms with E-state index in [2.05, 4.69) is 33.4 Å². The van der Waals surface area contributed by atoms with E-state index in [1.54, 1.807) is 11.8 Å². The Morgan fingerprint density at radius 1 is 1.18 bits per heavy atom. The SMILES string of the molecule is N#CCc1ccc(NC(=O)CSCc2cccc(Br)c2)cc1. The lowest BCUT2D eigenvalue weighted by Crippen LogP contribution is -2.14. The van der Waals surface area contributed by atoms with Gasteiger partial charge in [0.1, 0.15) is 0 Å². The molecule has 2 aromatic carbocycles. The van der Waals surface area contributed by atoms with E-state index >= 15 is 0 Å². The molecular weight excluding hydrogens is 360 g/mol. The number of nitriles is 1. The standard InChI is InChI=1S/C17H15BrN2OS/c18-15-3-1-2-14(10-15)11-22-12-17(21)20-16-6-4-13(5-7-16)8-9-19/h1-7,10H,8,11-12H2,(H,20,21). The van der Waals surface area contributed by atoms with Crippen LogP contribution >= 0.6 is 27.7 Å². The molecule has 2 aromatic rings. The van der Waals surface area contributed by atoms with Crippen molar-refractivity contribution in [2.45, 2.75) is 12.2 Å². The van der Waals surface area contributed by atoms with Crippen molar-refractivity contribution >= 4 is 39.3 Å². The normalized spacial score (nSPS) is 10.0. The molecule has 0 fully saturated rings. The van der Waals surface area contributed by atoms with Crippen molar-refractivity contribution < 1.29 is 4.79 Å². The predicted molar refractivity (Wildman–Crippen MR) is 94.7 cm³/mol. The molecule has 112 valence electrons. The second kappa shape index (κ2) is 8.62. The third-order valence-corrected chi connectivity index (χ3v) is 4.41. The van der Waals surface area contributed by atoms with E-state index in [-0.39, 0.29) is 5.91 Å². The second-order valence-electron chi connectivity index (χ2n) is 4.70. The molecular formula is C17H15BrN2OS. The van der Waals surface area contributed by atoms with Gasteiger partial charge in [0.2, 0.25) is 5.91 Å². The molecule has 22 heavy (non-hydrogen) atoms. The summed E-state index contributed by atoms with van der Waals surface area (Å²) >= 11 is 5.01. The summed E-state index contributed by atoms with van der Waals surface area (Å²) in [7, 11) is 0. The summed E-state index contributed by atoms with van der Waals surface area (Å²) < 4.78 is 1.05. The van der Waals surface area contributed by atoms with Gasteiger partial charge in [-0.05, 0) is 35.4 Å². The lowest BCUT2D eigenvalue weighted by Gasteiger charge is -2.06. The quantitative estimate of drug-likeness (QED) is 0.815. The first kappa shape index (κ1) is 16.6. The van der Waals surface area contributed by atoms with Crippen molar-refractivity contribution in [1.82, 2.24) is 0 Å². The number of nitrogens with zero attached hydrogens (tertiary/aromatic N) is 1. The molecule has 0 bridgehead atoms. The summed E-state index contributed by atoms with van der Waals surface area (Å²) in [4.78, 5) is 11.9. The molecule has 0 radical (unpaired) electrons. The van der Waals surface area contributed by atoms with Gasteiger partial charge in [0, 0.05) is 15.9 Å². The Hall–Kier alpha value is -1.77. The van der Waals surface area contributed by atoms with Gasteiger partial charge in [-0.2, -0.15) is 5.26 Å². The van der Waals surface area contributed by atoms with Crippen LogP contribution in [0, 0.1) is 11.3 Å². The minimum absolute atomic E-state index is 0.0203. The summed E-state index contributed by atoms with van der Waals surface area (Å²) in [6, 6.07) is 17.5. The fraction of sp³-hybridized carbons (Fsp3) is 0.176. The third-order valence-electron chi connectivity index (χ3n) is 2.91. The van der Waals surface area contributed by atoms with E-state index in [0.29, 0.717) is 12.2 Å². The zero-order chi connectivity index (χ0) is 15.8. The third kappa shape index (κ3) is 5.55. The minimum Gasteiger partial charge on any atom is -0.325 e. The van der Waals surface area contributed by atoms with E-state index in [1.165, 1.54) is 5.56 Å². The fourth-order valence-electron chi connectivity index (χ4n) is 1.88. The van der Waals surface area contributed by atoms with Crippen LogP contribution in [-0.2, 0) is 17.0 Å². The maximum Gasteiger partial charge on any atom is 0.234 e. The van der Waals surface area contributed by atoms with Gasteiger partial charge >= 0.3 is 0 Å². The first-order valence-electron chi connectivity index (χ1n) is 6.75. The molecule has 0 saturated carbocycles. The number of hydrogen-bond donors (Lipinski definition) is 1. The van der Waals surface area contributed by atoms with Crippen molar-refractivity contribution in [3.8, 4) is 6.07 Å². The Balaban J connectivity index is 1.77. The molecule has 0 aromatic heterocycles. The molecule has 1 N–H and O–H groups in total. The Morgan fingerprint density at radius 2 is 1.95 bits per heavy atom. The highest BCUT2D eigenvalue weighted by Crippen LogP contribution is 2.17. The van der Waals surface area contributed by atoms with Crippen LogP contribution in [0.3, 0.4) is 0 Å². The second-order valence-corrected chi connectivity index (χ2v) is 6.60. The smallest absolute Gasteiger partial charge is 0.234 e. The van der Waals surface area contributed by atoms with Crippen LogP contribution < -0.4 is 5.32 Å². The summed E-state index contributed by atoms with van der Waals surface area (Å²) in [5.74, 6) is 1.19. The van der Waals surface area contributed by atoms with Gasteiger partial charge < -0.3 is 5.32 Å². The summed E-state index contributed by atoms with van der Waals surface area (Å²) in [5, 5.41) is 11.5. The number of anilines is 1. The summed E-state index contributed by atoms with van der Waals surface area (Å²) in [6.07, 6.45) is 0.386. The van der Waals surface area contributed by atoms with E-state index in [9.17, 15) is 4.79 Å². The average molecular weight is 375 g/mol. The summed E-state index contributed by atoms with van der Waals surface area (Å²) in [6.45, 7) is 0.